The van der Waals surface area contributed by atoms with Crippen molar-refractivity contribution in [3.8, 4) is 0 Å². The predicted octanol–water partition coefficient (Wildman–Crippen LogP) is 9.36. The summed E-state index contributed by atoms with van der Waals surface area (Å²) in [6, 6.07) is 38.8. The zero-order chi connectivity index (χ0) is 38.6. The van der Waals surface area contributed by atoms with E-state index in [1.807, 2.05) is 0 Å². The Hall–Kier alpha value is -6.68. The van der Waals surface area contributed by atoms with Crippen LogP contribution < -0.4 is 4.90 Å². The molecule has 6 aromatic rings. The number of halogens is 2. The van der Waals surface area contributed by atoms with E-state index in [-0.39, 0.29) is 39.1 Å². The number of nitrogens with zero attached hydrogens (tertiary/aromatic N) is 1. The van der Waals surface area contributed by atoms with Crippen LogP contribution >= 0.6 is 23.2 Å². The van der Waals surface area contributed by atoms with Crippen LogP contribution in [0.25, 0.3) is 0 Å². The monoisotopic (exact) mass is 767 g/mol. The Labute approximate surface area is 324 Å². The lowest BCUT2D eigenvalue weighted by atomic mass is 9.99. The Morgan fingerprint density at radius 1 is 0.473 bits per heavy atom. The quantitative estimate of drug-likeness (QED) is 0.0726. The number of para-hydroxylation sites is 1. The van der Waals surface area contributed by atoms with Gasteiger partial charge in [0.2, 0.25) is 11.6 Å². The molecule has 0 aliphatic carbocycles. The van der Waals surface area contributed by atoms with E-state index >= 15 is 0 Å². The number of Topliss-reactive ketones (excluding diaryl/α,β-unsaturated/α-hetero) is 2. The minimum absolute atomic E-state index is 0.0263. The van der Waals surface area contributed by atoms with E-state index in [0.717, 1.165) is 4.90 Å². The van der Waals surface area contributed by atoms with Crippen molar-refractivity contribution in [2.45, 2.75) is 12.2 Å². The van der Waals surface area contributed by atoms with Gasteiger partial charge in [-0.1, -0.05) is 96.0 Å². The molecule has 0 spiro atoms. The van der Waals surface area contributed by atoms with E-state index in [9.17, 15) is 28.8 Å². The highest BCUT2D eigenvalue weighted by Crippen LogP contribution is 2.34. The molecule has 0 saturated heterocycles. The lowest BCUT2D eigenvalue weighted by Gasteiger charge is -2.21. The highest BCUT2D eigenvalue weighted by Gasteiger charge is 2.40. The summed E-state index contributed by atoms with van der Waals surface area (Å²) in [7, 11) is 0. The van der Waals surface area contributed by atoms with E-state index < -0.39 is 47.5 Å². The van der Waals surface area contributed by atoms with Gasteiger partial charge >= 0.3 is 11.9 Å². The Morgan fingerprint density at radius 2 is 0.909 bits per heavy atom. The number of hydrogen-bond donors (Lipinski definition) is 0. The standard InChI is InChI=1S/C44H27Cl2NO8/c45-31-20-15-26(16-21-31)37(48)39(28-9-3-1-4-10-28)54-43(52)30-19-24-33-35(25-30)42(51)47(41(33)50)36-14-8-7-13-34(36)44(53)55-40(29-11-5-2-6-12-29)38(49)27-17-22-32(46)23-18-27/h1-25,39-40H/t39-,40+/m0/s1. The summed E-state index contributed by atoms with van der Waals surface area (Å²) in [6.45, 7) is 0. The first-order valence-corrected chi connectivity index (χ1v) is 17.6. The average Bonchev–Trinajstić information content (AvgIpc) is 3.47. The molecule has 55 heavy (non-hydrogen) atoms. The molecular formula is C44H27Cl2NO8. The number of ketones is 2. The number of carbonyl (C=O) groups excluding carboxylic acids is 6. The third-order valence-electron chi connectivity index (χ3n) is 8.88. The van der Waals surface area contributed by atoms with Crippen molar-refractivity contribution in [2.24, 2.45) is 0 Å². The molecule has 0 saturated carbocycles. The van der Waals surface area contributed by atoms with Gasteiger partial charge in [0.05, 0.1) is 27.9 Å². The fourth-order valence-corrected chi connectivity index (χ4v) is 6.36. The molecule has 0 radical (unpaired) electrons. The van der Waals surface area contributed by atoms with E-state index in [1.54, 1.807) is 84.9 Å². The molecule has 0 N–H and O–H groups in total. The smallest absolute Gasteiger partial charge is 0.341 e. The van der Waals surface area contributed by atoms with Gasteiger partial charge in [0.25, 0.3) is 11.8 Å². The lowest BCUT2D eigenvalue weighted by Crippen LogP contribution is -2.31. The Bertz CT molecular complexity index is 2470. The first kappa shape index (κ1) is 36.7. The molecule has 7 rings (SSSR count). The molecule has 2 atom stereocenters. The van der Waals surface area contributed by atoms with Crippen molar-refractivity contribution in [1.82, 2.24) is 0 Å². The van der Waals surface area contributed by atoms with Crippen LogP contribution in [0.3, 0.4) is 0 Å². The SMILES string of the molecule is O=C(O[C@H](C(=O)c1ccc(Cl)cc1)c1ccccc1)c1ccc2c(c1)C(=O)N(c1ccccc1C(=O)O[C@@H](C(=O)c1ccc(Cl)cc1)c1ccccc1)C2=O. The molecule has 0 unspecified atom stereocenters. The Balaban J connectivity index is 1.16. The van der Waals surface area contributed by atoms with Gasteiger partial charge in [0.1, 0.15) is 0 Å². The lowest BCUT2D eigenvalue weighted by molar-refractivity contribution is 0.0278. The Kier molecular flexibility index (Phi) is 10.5. The number of benzene rings is 6. The summed E-state index contributed by atoms with van der Waals surface area (Å²) < 4.78 is 11.6. The summed E-state index contributed by atoms with van der Waals surface area (Å²) in [5.74, 6) is -4.47. The second-order valence-corrected chi connectivity index (χ2v) is 13.2. The molecule has 1 aliphatic heterocycles. The van der Waals surface area contributed by atoms with Crippen molar-refractivity contribution in [1.29, 1.82) is 0 Å². The zero-order valence-corrected chi connectivity index (χ0v) is 30.1. The topological polar surface area (TPSA) is 124 Å². The van der Waals surface area contributed by atoms with Gasteiger partial charge < -0.3 is 9.47 Å². The van der Waals surface area contributed by atoms with Crippen LogP contribution in [0.1, 0.15) is 85.5 Å². The number of hydrogen-bond acceptors (Lipinski definition) is 8. The first-order chi connectivity index (χ1) is 26.6. The summed E-state index contributed by atoms with van der Waals surface area (Å²) in [6.07, 6.45) is -2.70. The molecule has 6 aromatic carbocycles. The highest BCUT2D eigenvalue weighted by atomic mass is 35.5. The molecule has 0 bridgehead atoms. The summed E-state index contributed by atoms with van der Waals surface area (Å²) in [5.41, 5.74) is 0.839. The highest BCUT2D eigenvalue weighted by molar-refractivity contribution is 6.35. The van der Waals surface area contributed by atoms with E-state index in [0.29, 0.717) is 21.2 Å². The van der Waals surface area contributed by atoms with Gasteiger partial charge in [-0.05, 0) is 78.9 Å². The van der Waals surface area contributed by atoms with Crippen LogP contribution in [-0.4, -0.2) is 35.3 Å². The number of ether oxygens (including phenoxy) is 2. The van der Waals surface area contributed by atoms with Crippen molar-refractivity contribution < 1.29 is 38.2 Å². The summed E-state index contributed by atoms with van der Waals surface area (Å²) in [4.78, 5) is 83.3. The summed E-state index contributed by atoms with van der Waals surface area (Å²) in [5, 5.41) is 0.848. The van der Waals surface area contributed by atoms with Gasteiger partial charge in [0.15, 0.2) is 12.2 Å². The molecule has 270 valence electrons. The number of fused-ring (bicyclic) bond motifs is 1. The van der Waals surface area contributed by atoms with Gasteiger partial charge in [-0.2, -0.15) is 0 Å². The van der Waals surface area contributed by atoms with Gasteiger partial charge in [0, 0.05) is 32.3 Å². The van der Waals surface area contributed by atoms with Crippen molar-refractivity contribution in [3.63, 3.8) is 0 Å². The van der Waals surface area contributed by atoms with Gasteiger partial charge in [-0.15, -0.1) is 0 Å². The van der Waals surface area contributed by atoms with Gasteiger partial charge in [-0.25, -0.2) is 14.5 Å². The number of amides is 2. The van der Waals surface area contributed by atoms with Crippen molar-refractivity contribution >= 4 is 64.2 Å². The number of anilines is 1. The molecule has 0 fully saturated rings. The molecule has 9 nitrogen and oxygen atoms in total. The van der Waals surface area contributed by atoms with Gasteiger partial charge in [-0.3, -0.25) is 19.2 Å². The molecule has 1 heterocycles. The molecule has 11 heteroatoms. The fraction of sp³-hybridized carbons (Fsp3) is 0.0455. The first-order valence-electron chi connectivity index (χ1n) is 16.8. The normalized spacial score (nSPS) is 13.1. The maximum atomic E-state index is 14.0. The van der Waals surface area contributed by atoms with E-state index in [1.165, 1.54) is 66.7 Å². The minimum atomic E-state index is -1.37. The average molecular weight is 769 g/mol. The number of carbonyl (C=O) groups is 6. The summed E-state index contributed by atoms with van der Waals surface area (Å²) >= 11 is 12.0. The number of rotatable bonds is 11. The van der Waals surface area contributed by atoms with Crippen molar-refractivity contribution in [3.05, 3.63) is 206 Å². The Morgan fingerprint density at radius 3 is 1.44 bits per heavy atom. The van der Waals surface area contributed by atoms with Crippen LogP contribution in [0, 0.1) is 0 Å². The largest absolute Gasteiger partial charge is 0.445 e. The number of esters is 2. The number of imide groups is 1. The van der Waals surface area contributed by atoms with Crippen LogP contribution in [0.4, 0.5) is 5.69 Å². The molecular weight excluding hydrogens is 741 g/mol. The maximum Gasteiger partial charge on any atom is 0.341 e. The predicted molar refractivity (Wildman–Crippen MR) is 205 cm³/mol. The minimum Gasteiger partial charge on any atom is -0.445 e. The van der Waals surface area contributed by atoms with Crippen LogP contribution in [0.2, 0.25) is 10.0 Å². The fourth-order valence-electron chi connectivity index (χ4n) is 6.11. The molecule has 2 amide bonds. The van der Waals surface area contributed by atoms with E-state index in [2.05, 4.69) is 0 Å². The molecule has 1 aliphatic rings. The third kappa shape index (κ3) is 7.57. The second kappa shape index (κ2) is 15.7. The maximum absolute atomic E-state index is 14.0. The zero-order valence-electron chi connectivity index (χ0n) is 28.6. The second-order valence-electron chi connectivity index (χ2n) is 12.4. The van der Waals surface area contributed by atoms with Crippen LogP contribution in [0.5, 0.6) is 0 Å². The van der Waals surface area contributed by atoms with E-state index in [4.69, 9.17) is 32.7 Å². The molecule has 0 aromatic heterocycles. The van der Waals surface area contributed by atoms with Crippen LogP contribution in [0.15, 0.2) is 152 Å². The van der Waals surface area contributed by atoms with Crippen LogP contribution in [-0.2, 0) is 9.47 Å². The third-order valence-corrected chi connectivity index (χ3v) is 9.38. The van der Waals surface area contributed by atoms with Crippen molar-refractivity contribution in [2.75, 3.05) is 4.90 Å².